The average Bonchev–Trinajstić information content (AvgIpc) is 3.60. The number of para-hydroxylation sites is 2. The Morgan fingerprint density at radius 2 is 1.51 bits per heavy atom. The summed E-state index contributed by atoms with van der Waals surface area (Å²) in [6.07, 6.45) is 11.9. The van der Waals surface area contributed by atoms with Crippen LogP contribution >= 0.6 is 0 Å². The molecule has 0 radical (unpaired) electrons. The molecule has 3 heterocycles. The van der Waals surface area contributed by atoms with E-state index in [-0.39, 0.29) is 11.3 Å². The van der Waals surface area contributed by atoms with E-state index in [1.54, 1.807) is 0 Å². The zero-order chi connectivity index (χ0) is 27.4. The molecule has 1 saturated heterocycles. The highest BCUT2D eigenvalue weighted by molar-refractivity contribution is 5.92. The van der Waals surface area contributed by atoms with Gasteiger partial charge < -0.3 is 0 Å². The quantitative estimate of drug-likeness (QED) is 0.285. The number of aromatic amines is 2. The zero-order valence-corrected chi connectivity index (χ0v) is 23.4. The van der Waals surface area contributed by atoms with Crippen LogP contribution in [-0.4, -0.2) is 41.9 Å². The van der Waals surface area contributed by atoms with Crippen LogP contribution in [0.4, 0.5) is 11.4 Å². The number of nitrogens with zero attached hydrogens (tertiary/aromatic N) is 6. The van der Waals surface area contributed by atoms with Crippen LogP contribution in [0.25, 0.3) is 22.1 Å². The Morgan fingerprint density at radius 1 is 0.872 bits per heavy atom. The van der Waals surface area contributed by atoms with Crippen LogP contribution in [0.3, 0.4) is 0 Å². The van der Waals surface area contributed by atoms with Crippen LogP contribution in [0.1, 0.15) is 53.9 Å². The maximum absolute atomic E-state index is 4.59. The van der Waals surface area contributed by atoms with Crippen molar-refractivity contribution in [3.63, 3.8) is 0 Å². The fourth-order valence-corrected chi connectivity index (χ4v) is 6.79. The van der Waals surface area contributed by atoms with Gasteiger partial charge in [-0.2, -0.15) is 30.8 Å². The number of hydrogen-bond donors (Lipinski definition) is 3. The summed E-state index contributed by atoms with van der Waals surface area (Å²) < 4.78 is 0. The molecule has 0 amide bonds. The Labute approximate surface area is 229 Å². The van der Waals surface area contributed by atoms with Gasteiger partial charge in [0.25, 0.3) is 0 Å². The first-order valence-corrected chi connectivity index (χ1v) is 13.7. The number of anilines is 2. The van der Waals surface area contributed by atoms with E-state index >= 15 is 0 Å². The fraction of sp³-hybridized carbons (Fsp3) is 0.400. The third kappa shape index (κ3) is 3.56. The van der Waals surface area contributed by atoms with E-state index < -0.39 is 11.1 Å². The van der Waals surface area contributed by atoms with Gasteiger partial charge >= 0.3 is 0 Å². The normalized spacial score (nSPS) is 26.7. The summed E-state index contributed by atoms with van der Waals surface area (Å²) >= 11 is 0. The van der Waals surface area contributed by atoms with E-state index in [4.69, 9.17) is 0 Å². The van der Waals surface area contributed by atoms with Crippen molar-refractivity contribution in [3.8, 4) is 0 Å². The van der Waals surface area contributed by atoms with Gasteiger partial charge in [-0.25, -0.2) is 10.5 Å². The van der Waals surface area contributed by atoms with E-state index in [2.05, 4.69) is 124 Å². The van der Waals surface area contributed by atoms with E-state index in [1.165, 1.54) is 0 Å². The molecule has 6 rings (SSSR count). The van der Waals surface area contributed by atoms with Crippen molar-refractivity contribution in [2.75, 3.05) is 10.1 Å². The lowest BCUT2D eigenvalue weighted by atomic mass is 9.53. The van der Waals surface area contributed by atoms with Crippen LogP contribution in [0.5, 0.6) is 0 Å². The summed E-state index contributed by atoms with van der Waals surface area (Å²) in [4.78, 5) is 0. The zero-order valence-electron chi connectivity index (χ0n) is 23.4. The summed E-state index contributed by atoms with van der Waals surface area (Å²) in [7, 11) is 0. The van der Waals surface area contributed by atoms with Crippen molar-refractivity contribution >= 4 is 33.4 Å². The number of allylic oxidation sites excluding steroid dienone is 3. The first-order chi connectivity index (χ1) is 18.7. The standard InChI is InChI=1S/C30H37N9/c1-7-8-19-29(5)28(3,4)38(24-17-11-15-22-26(24)33-36-31-22)39(25-18-12-16-23-27(25)34-37-32-23)35-30(29,6)21-14-10-9-13-20(21)2/h9-18,21,35H,2,7-8,19H2,1,3-6H3,(H,31,33,36)(H,32,34,37). The molecule has 202 valence electrons. The molecule has 4 aromatic rings. The molecule has 1 fully saturated rings. The molecule has 2 aromatic heterocycles. The second-order valence-corrected chi connectivity index (χ2v) is 11.7. The van der Waals surface area contributed by atoms with E-state index in [1.807, 2.05) is 24.3 Å². The molecule has 2 aromatic carbocycles. The number of aromatic nitrogens is 6. The minimum atomic E-state index is -0.413. The molecule has 1 aliphatic heterocycles. The minimum absolute atomic E-state index is 0.0765. The SMILES string of the molecule is C=C1C=CC=CC1C1(C)NN(c2cccc3n[nH]nc23)N(c2cccc3n[nH]nc23)C(C)(C)C1(C)CCCC. The highest BCUT2D eigenvalue weighted by Crippen LogP contribution is 2.57. The van der Waals surface area contributed by atoms with Gasteiger partial charge in [0.1, 0.15) is 27.8 Å². The van der Waals surface area contributed by atoms with Gasteiger partial charge in [-0.15, -0.1) is 0 Å². The van der Waals surface area contributed by atoms with Crippen molar-refractivity contribution < 1.29 is 0 Å². The van der Waals surface area contributed by atoms with Gasteiger partial charge in [-0.05, 0) is 57.0 Å². The molecule has 0 saturated carbocycles. The van der Waals surface area contributed by atoms with Gasteiger partial charge in [-0.3, -0.25) is 5.01 Å². The second kappa shape index (κ2) is 9.05. The van der Waals surface area contributed by atoms with Crippen LogP contribution in [0.2, 0.25) is 0 Å². The number of H-pyrrole nitrogens is 2. The Bertz CT molecular complexity index is 1590. The Morgan fingerprint density at radius 3 is 2.15 bits per heavy atom. The maximum atomic E-state index is 4.59. The second-order valence-electron chi connectivity index (χ2n) is 11.7. The molecule has 3 atom stereocenters. The van der Waals surface area contributed by atoms with Gasteiger partial charge in [-0.1, -0.05) is 69.7 Å². The topological polar surface area (TPSA) is 102 Å². The number of rotatable bonds is 6. The molecular weight excluding hydrogens is 486 g/mol. The third-order valence-corrected chi connectivity index (χ3v) is 9.45. The third-order valence-electron chi connectivity index (χ3n) is 9.45. The fourth-order valence-electron chi connectivity index (χ4n) is 6.79. The number of benzene rings is 2. The van der Waals surface area contributed by atoms with Crippen LogP contribution in [0, 0.1) is 11.3 Å². The summed E-state index contributed by atoms with van der Waals surface area (Å²) in [5, 5.41) is 28.1. The number of hydrazine groups is 2. The van der Waals surface area contributed by atoms with E-state index in [0.29, 0.717) is 0 Å². The van der Waals surface area contributed by atoms with Gasteiger partial charge in [0.2, 0.25) is 0 Å². The van der Waals surface area contributed by atoms with Crippen molar-refractivity contribution in [2.45, 2.75) is 65.0 Å². The molecule has 0 bridgehead atoms. The monoisotopic (exact) mass is 523 g/mol. The largest absolute Gasteiger partial charge is 0.262 e. The van der Waals surface area contributed by atoms with Crippen LogP contribution in [0.15, 0.2) is 72.9 Å². The highest BCUT2D eigenvalue weighted by Gasteiger charge is 2.64. The summed E-state index contributed by atoms with van der Waals surface area (Å²) in [5.74, 6) is 0.0765. The molecule has 9 nitrogen and oxygen atoms in total. The number of fused-ring (bicyclic) bond motifs is 2. The Balaban J connectivity index is 1.64. The molecule has 3 N–H and O–H groups in total. The molecule has 39 heavy (non-hydrogen) atoms. The van der Waals surface area contributed by atoms with Crippen LogP contribution < -0.4 is 15.6 Å². The van der Waals surface area contributed by atoms with E-state index in [0.717, 1.165) is 58.3 Å². The van der Waals surface area contributed by atoms with Crippen molar-refractivity contribution in [1.82, 2.24) is 36.2 Å². The first kappa shape index (κ1) is 25.3. The first-order valence-electron chi connectivity index (χ1n) is 13.7. The summed E-state index contributed by atoms with van der Waals surface area (Å²) in [6.45, 7) is 16.2. The Kier molecular flexibility index (Phi) is 5.87. The predicted octanol–water partition coefficient (Wildman–Crippen LogP) is 6.01. The maximum Gasteiger partial charge on any atom is 0.139 e. The van der Waals surface area contributed by atoms with E-state index in [9.17, 15) is 0 Å². The molecule has 1 aliphatic carbocycles. The number of nitrogens with one attached hydrogen (secondary N) is 3. The minimum Gasteiger partial charge on any atom is -0.262 e. The Hall–Kier alpha value is -3.98. The number of hydrogen-bond acceptors (Lipinski definition) is 7. The smallest absolute Gasteiger partial charge is 0.139 e. The molecule has 9 heteroatoms. The van der Waals surface area contributed by atoms with Crippen molar-refractivity contribution in [1.29, 1.82) is 0 Å². The molecular formula is C30H37N9. The van der Waals surface area contributed by atoms with Gasteiger partial charge in [0, 0.05) is 11.3 Å². The molecule has 2 aliphatic rings. The average molecular weight is 524 g/mol. The van der Waals surface area contributed by atoms with Gasteiger partial charge in [0.05, 0.1) is 16.8 Å². The summed E-state index contributed by atoms with van der Waals surface area (Å²) in [5.41, 5.74) is 9.20. The molecule has 3 unspecified atom stereocenters. The lowest BCUT2D eigenvalue weighted by Gasteiger charge is -2.69. The van der Waals surface area contributed by atoms with Crippen molar-refractivity contribution in [3.05, 3.63) is 72.9 Å². The number of unbranched alkanes of at least 4 members (excludes halogenated alkanes) is 1. The predicted molar refractivity (Wildman–Crippen MR) is 157 cm³/mol. The van der Waals surface area contributed by atoms with Crippen LogP contribution in [-0.2, 0) is 0 Å². The highest BCUT2D eigenvalue weighted by atomic mass is 15.8. The lowest BCUT2D eigenvalue weighted by Crippen LogP contribution is -2.83. The lowest BCUT2D eigenvalue weighted by molar-refractivity contribution is -0.0292. The molecule has 0 spiro atoms. The van der Waals surface area contributed by atoms with Gasteiger partial charge in [0.15, 0.2) is 0 Å². The summed E-state index contributed by atoms with van der Waals surface area (Å²) in [6, 6.07) is 12.2. The van der Waals surface area contributed by atoms with Crippen molar-refractivity contribution in [2.24, 2.45) is 11.3 Å².